The second-order valence-corrected chi connectivity index (χ2v) is 1.24. The molecule has 4 heteroatoms. The molecular formula is C5H7AlO3. The second kappa shape index (κ2) is 5.70. The predicted octanol–water partition coefficient (Wildman–Crippen LogP) is 0.00460. The molecule has 0 unspecified atom stereocenters. The molecule has 1 rings (SSSR count). The van der Waals surface area contributed by atoms with Gasteiger partial charge in [-0.1, -0.05) is 0 Å². The molecule has 0 saturated heterocycles. The Labute approximate surface area is 60.9 Å². The summed E-state index contributed by atoms with van der Waals surface area (Å²) in [6.07, 6.45) is 1.53. The minimum atomic E-state index is -0.00694. The summed E-state index contributed by atoms with van der Waals surface area (Å²) in [6, 6.07) is 3.46. The van der Waals surface area contributed by atoms with Crippen molar-refractivity contribution in [2.24, 2.45) is 0 Å². The monoisotopic (exact) mass is 142 g/mol. The third-order valence-corrected chi connectivity index (χ3v) is 0.736. The third kappa shape index (κ3) is 3.20. The standard InChI is InChI=1S/C5H6O2.Al.O.H/c6-4-5-2-1-3-7-5;;;/h1-3,6H,4H2;;;. The van der Waals surface area contributed by atoms with Crippen molar-refractivity contribution in [2.75, 3.05) is 0 Å². The molecule has 1 aromatic rings. The van der Waals surface area contributed by atoms with Gasteiger partial charge in [-0.25, -0.2) is 0 Å². The van der Waals surface area contributed by atoms with E-state index in [1.165, 1.54) is 6.26 Å². The molecule has 0 aromatic carbocycles. The molecule has 3 nitrogen and oxygen atoms in total. The summed E-state index contributed by atoms with van der Waals surface area (Å²) in [6.45, 7) is -0.00694. The van der Waals surface area contributed by atoms with Gasteiger partial charge in [-0.3, -0.25) is 0 Å². The molecule has 0 spiro atoms. The quantitative estimate of drug-likeness (QED) is 0.561. The van der Waals surface area contributed by atoms with E-state index in [1.807, 2.05) is 0 Å². The Kier molecular flexibility index (Phi) is 5.43. The van der Waals surface area contributed by atoms with Crippen LogP contribution >= 0.6 is 0 Å². The molecule has 48 valence electrons. The third-order valence-electron chi connectivity index (χ3n) is 0.736. The summed E-state index contributed by atoms with van der Waals surface area (Å²) in [5, 5.41) is 8.33. The van der Waals surface area contributed by atoms with Crippen molar-refractivity contribution >= 4 is 16.2 Å². The van der Waals surface area contributed by atoms with Gasteiger partial charge in [-0.05, 0) is 12.1 Å². The van der Waals surface area contributed by atoms with E-state index in [2.05, 4.69) is 0 Å². The Morgan fingerprint density at radius 3 is 2.56 bits per heavy atom. The van der Waals surface area contributed by atoms with Crippen LogP contribution in [0.4, 0.5) is 0 Å². The Bertz CT molecular complexity index is 138. The second-order valence-electron chi connectivity index (χ2n) is 1.24. The van der Waals surface area contributed by atoms with E-state index >= 15 is 0 Å². The van der Waals surface area contributed by atoms with E-state index in [-0.39, 0.29) is 6.61 Å². The van der Waals surface area contributed by atoms with E-state index in [0.29, 0.717) is 22.0 Å². The number of hydrogen-bond acceptors (Lipinski definition) is 3. The molecule has 1 N–H and O–H groups in total. The fourth-order valence-corrected chi connectivity index (χ4v) is 0.403. The van der Waals surface area contributed by atoms with Crippen molar-refractivity contribution in [1.82, 2.24) is 0 Å². The van der Waals surface area contributed by atoms with Crippen molar-refractivity contribution in [3.8, 4) is 0 Å². The summed E-state index contributed by atoms with van der Waals surface area (Å²) in [5.74, 6) is 0.611. The fraction of sp³-hybridized carbons (Fsp3) is 0.200. The fourth-order valence-electron chi connectivity index (χ4n) is 0.403. The first-order valence-corrected chi connectivity index (χ1v) is 2.93. The van der Waals surface area contributed by atoms with Crippen LogP contribution in [0.25, 0.3) is 0 Å². The van der Waals surface area contributed by atoms with E-state index < -0.39 is 0 Å². The van der Waals surface area contributed by atoms with Crippen molar-refractivity contribution in [1.29, 1.82) is 0 Å². The maximum atomic E-state index is 8.33. The van der Waals surface area contributed by atoms with Crippen molar-refractivity contribution in [2.45, 2.75) is 6.61 Å². The first kappa shape index (κ1) is 8.57. The minimum absolute atomic E-state index is 0.00694. The van der Waals surface area contributed by atoms with Crippen LogP contribution in [0.1, 0.15) is 5.76 Å². The molecule has 0 fully saturated rings. The van der Waals surface area contributed by atoms with Gasteiger partial charge in [0.2, 0.25) is 0 Å². The Morgan fingerprint density at radius 1 is 1.67 bits per heavy atom. The molecule has 0 atom stereocenters. The molecule has 0 bridgehead atoms. The number of aliphatic hydroxyl groups excluding tert-OH is 1. The molecule has 9 heavy (non-hydrogen) atoms. The van der Waals surface area contributed by atoms with Gasteiger partial charge < -0.3 is 9.52 Å². The van der Waals surface area contributed by atoms with Crippen molar-refractivity contribution in [3.63, 3.8) is 0 Å². The molecular weight excluding hydrogens is 135 g/mol. The molecule has 0 amide bonds. The topological polar surface area (TPSA) is 50.4 Å². The normalized spacial score (nSPS) is 7.56. The van der Waals surface area contributed by atoms with Crippen LogP contribution < -0.4 is 0 Å². The molecule has 0 aliphatic rings. The predicted molar refractivity (Wildman–Crippen MR) is 32.5 cm³/mol. The summed E-state index contributed by atoms with van der Waals surface area (Å²) in [4.78, 5) is 0. The van der Waals surface area contributed by atoms with Crippen LogP contribution in [-0.2, 0) is 10.4 Å². The van der Waals surface area contributed by atoms with Crippen LogP contribution in [0.15, 0.2) is 22.8 Å². The molecule has 0 aliphatic carbocycles. The first-order chi connectivity index (χ1) is 4.43. The van der Waals surface area contributed by atoms with Crippen LogP contribution in [0.2, 0.25) is 0 Å². The summed E-state index contributed by atoms with van der Waals surface area (Å²) in [5.41, 5.74) is 0. The van der Waals surface area contributed by atoms with Gasteiger partial charge >= 0.3 is 20.0 Å². The zero-order chi connectivity index (χ0) is 7.11. The molecule has 0 saturated carbocycles. The average Bonchev–Trinajstić information content (AvgIpc) is 2.43. The van der Waals surface area contributed by atoms with Gasteiger partial charge in [0.05, 0.1) is 6.26 Å². The number of hydrogen-bond donors (Lipinski definition) is 1. The molecule has 1 heterocycles. The maximum absolute atomic E-state index is 8.33. The summed E-state index contributed by atoms with van der Waals surface area (Å²) < 4.78 is 13.0. The van der Waals surface area contributed by atoms with Gasteiger partial charge in [0.1, 0.15) is 12.4 Å². The zero-order valence-corrected chi connectivity index (χ0v) is 6.32. The van der Waals surface area contributed by atoms with E-state index in [9.17, 15) is 0 Å². The van der Waals surface area contributed by atoms with Gasteiger partial charge in [-0.15, -0.1) is 0 Å². The summed E-state index contributed by atoms with van der Waals surface area (Å²) in [7, 11) is 0. The number of rotatable bonds is 1. The Hall–Kier alpha value is -0.428. The van der Waals surface area contributed by atoms with Crippen LogP contribution in [0.5, 0.6) is 0 Å². The Morgan fingerprint density at radius 2 is 2.33 bits per heavy atom. The van der Waals surface area contributed by atoms with Gasteiger partial charge in [0.25, 0.3) is 0 Å². The summed E-state index contributed by atoms with van der Waals surface area (Å²) >= 11 is 0.611. The van der Waals surface area contributed by atoms with Crippen LogP contribution in [-0.4, -0.2) is 21.3 Å². The van der Waals surface area contributed by atoms with Crippen LogP contribution in [0.3, 0.4) is 0 Å². The van der Waals surface area contributed by atoms with Gasteiger partial charge in [-0.2, -0.15) is 0 Å². The van der Waals surface area contributed by atoms with E-state index in [1.54, 1.807) is 12.1 Å². The van der Waals surface area contributed by atoms with Gasteiger partial charge in [0, 0.05) is 0 Å². The molecule has 0 radical (unpaired) electrons. The first-order valence-electron chi connectivity index (χ1n) is 2.35. The van der Waals surface area contributed by atoms with Gasteiger partial charge in [0.15, 0.2) is 0 Å². The van der Waals surface area contributed by atoms with Crippen molar-refractivity contribution < 1.29 is 13.3 Å². The van der Waals surface area contributed by atoms with E-state index in [4.69, 9.17) is 13.3 Å². The number of furan rings is 1. The van der Waals surface area contributed by atoms with Crippen molar-refractivity contribution in [3.05, 3.63) is 24.2 Å². The number of aliphatic hydroxyl groups is 1. The molecule has 1 aromatic heterocycles. The van der Waals surface area contributed by atoms with Crippen LogP contribution in [0, 0.1) is 0 Å². The average molecular weight is 142 g/mol. The zero-order valence-electron chi connectivity index (χ0n) is 4.91. The SMILES string of the molecule is OCc1ccco1.[O]=[AlH]. The molecule has 0 aliphatic heterocycles. The van der Waals surface area contributed by atoms with E-state index in [0.717, 1.165) is 0 Å². The Balaban J connectivity index is 0.000000291.